The molecule has 1 atom stereocenters. The SMILES string of the molecule is O=C(O)CNCC(O)c1ccc(F)cc1. The minimum atomic E-state index is -0.985. The molecule has 15 heavy (non-hydrogen) atoms. The predicted octanol–water partition coefficient (Wildman–Crippen LogP) is 0.533. The van der Waals surface area contributed by atoms with E-state index >= 15 is 0 Å². The van der Waals surface area contributed by atoms with Crippen LogP contribution in [0.15, 0.2) is 24.3 Å². The van der Waals surface area contributed by atoms with Crippen LogP contribution in [0.5, 0.6) is 0 Å². The Morgan fingerprint density at radius 3 is 2.53 bits per heavy atom. The highest BCUT2D eigenvalue weighted by Gasteiger charge is 2.07. The molecule has 0 heterocycles. The third kappa shape index (κ3) is 4.05. The summed E-state index contributed by atoms with van der Waals surface area (Å²) in [6.07, 6.45) is -0.829. The number of hydrogen-bond donors (Lipinski definition) is 3. The first-order valence-electron chi connectivity index (χ1n) is 4.45. The standard InChI is InChI=1S/C10H12FNO3/c11-8-3-1-7(2-4-8)9(13)5-12-6-10(14)15/h1-4,9,12-13H,5-6H2,(H,14,15). The summed E-state index contributed by atoms with van der Waals surface area (Å²) in [6.45, 7) is -0.0871. The quantitative estimate of drug-likeness (QED) is 0.667. The first-order chi connectivity index (χ1) is 7.09. The number of halogens is 1. The molecular weight excluding hydrogens is 201 g/mol. The number of aliphatic hydroxyl groups is 1. The number of nitrogens with one attached hydrogen (secondary N) is 1. The van der Waals surface area contributed by atoms with E-state index in [0.717, 1.165) is 0 Å². The zero-order chi connectivity index (χ0) is 11.3. The molecule has 0 saturated heterocycles. The number of aliphatic hydroxyl groups excluding tert-OH is 1. The Labute approximate surface area is 86.4 Å². The summed E-state index contributed by atoms with van der Waals surface area (Å²) in [7, 11) is 0. The van der Waals surface area contributed by atoms with E-state index in [1.807, 2.05) is 0 Å². The van der Waals surface area contributed by atoms with Crippen LogP contribution in [0.4, 0.5) is 4.39 Å². The van der Waals surface area contributed by atoms with Gasteiger partial charge in [-0.3, -0.25) is 4.79 Å². The van der Waals surface area contributed by atoms with Gasteiger partial charge in [0, 0.05) is 6.54 Å². The van der Waals surface area contributed by atoms with Crippen LogP contribution in [0.3, 0.4) is 0 Å². The van der Waals surface area contributed by atoms with Gasteiger partial charge in [0.2, 0.25) is 0 Å². The van der Waals surface area contributed by atoms with Crippen LogP contribution in [-0.2, 0) is 4.79 Å². The maximum atomic E-state index is 12.5. The molecule has 0 spiro atoms. The van der Waals surface area contributed by atoms with Gasteiger partial charge in [-0.2, -0.15) is 0 Å². The first kappa shape index (κ1) is 11.6. The van der Waals surface area contributed by atoms with Gasteiger partial charge in [-0.15, -0.1) is 0 Å². The second kappa shape index (κ2) is 5.43. The summed E-state index contributed by atoms with van der Waals surface area (Å²) in [5.41, 5.74) is 0.550. The Bertz CT molecular complexity index is 326. The van der Waals surface area contributed by atoms with Crippen LogP contribution in [0.2, 0.25) is 0 Å². The van der Waals surface area contributed by atoms with Gasteiger partial charge in [0.05, 0.1) is 12.6 Å². The lowest BCUT2D eigenvalue weighted by atomic mass is 10.1. The summed E-state index contributed by atoms with van der Waals surface area (Å²) >= 11 is 0. The highest BCUT2D eigenvalue weighted by molar-refractivity contribution is 5.68. The summed E-state index contributed by atoms with van der Waals surface area (Å²) in [4.78, 5) is 10.2. The van der Waals surface area contributed by atoms with Crippen molar-refractivity contribution < 1.29 is 19.4 Å². The summed E-state index contributed by atoms with van der Waals surface area (Å²) in [5, 5.41) is 20.4. The van der Waals surface area contributed by atoms with Crippen molar-refractivity contribution in [3.05, 3.63) is 35.6 Å². The molecule has 3 N–H and O–H groups in total. The molecule has 1 rings (SSSR count). The number of hydrogen-bond acceptors (Lipinski definition) is 3. The van der Waals surface area contributed by atoms with Crippen LogP contribution >= 0.6 is 0 Å². The Morgan fingerprint density at radius 2 is 2.00 bits per heavy atom. The number of carboxylic acid groups (broad SMARTS) is 1. The normalized spacial score (nSPS) is 12.4. The van der Waals surface area contributed by atoms with Crippen LogP contribution in [0.1, 0.15) is 11.7 Å². The molecule has 5 heteroatoms. The highest BCUT2D eigenvalue weighted by atomic mass is 19.1. The van der Waals surface area contributed by atoms with Gasteiger partial charge < -0.3 is 15.5 Å². The Morgan fingerprint density at radius 1 is 1.40 bits per heavy atom. The molecule has 0 bridgehead atoms. The molecule has 0 saturated carbocycles. The van der Waals surface area contributed by atoms with E-state index in [-0.39, 0.29) is 18.9 Å². The van der Waals surface area contributed by atoms with Crippen molar-refractivity contribution in [3.8, 4) is 0 Å². The topological polar surface area (TPSA) is 69.6 Å². The molecule has 82 valence electrons. The number of carbonyl (C=O) groups is 1. The van der Waals surface area contributed by atoms with Crippen molar-refractivity contribution in [3.63, 3.8) is 0 Å². The summed E-state index contributed by atoms with van der Waals surface area (Å²) in [5.74, 6) is -1.36. The van der Waals surface area contributed by atoms with E-state index in [9.17, 15) is 14.3 Å². The highest BCUT2D eigenvalue weighted by Crippen LogP contribution is 2.11. The molecule has 0 fully saturated rings. The molecule has 1 unspecified atom stereocenters. The third-order valence-electron chi connectivity index (χ3n) is 1.87. The number of benzene rings is 1. The van der Waals surface area contributed by atoms with Gasteiger partial charge in [0.25, 0.3) is 0 Å². The summed E-state index contributed by atoms with van der Waals surface area (Å²) < 4.78 is 12.5. The van der Waals surface area contributed by atoms with Crippen LogP contribution in [-0.4, -0.2) is 29.3 Å². The second-order valence-corrected chi connectivity index (χ2v) is 3.09. The molecule has 0 aliphatic carbocycles. The van der Waals surface area contributed by atoms with E-state index in [2.05, 4.69) is 5.32 Å². The fourth-order valence-electron chi connectivity index (χ4n) is 1.12. The fourth-order valence-corrected chi connectivity index (χ4v) is 1.12. The molecule has 0 radical (unpaired) electrons. The van der Waals surface area contributed by atoms with E-state index in [1.165, 1.54) is 24.3 Å². The monoisotopic (exact) mass is 213 g/mol. The average molecular weight is 213 g/mol. The van der Waals surface area contributed by atoms with Crippen molar-refractivity contribution >= 4 is 5.97 Å². The number of carboxylic acids is 1. The first-order valence-corrected chi connectivity index (χ1v) is 4.45. The Hall–Kier alpha value is -1.46. The van der Waals surface area contributed by atoms with Crippen molar-refractivity contribution in [2.24, 2.45) is 0 Å². The van der Waals surface area contributed by atoms with Gasteiger partial charge in [0.15, 0.2) is 0 Å². The van der Waals surface area contributed by atoms with Gasteiger partial charge >= 0.3 is 5.97 Å². The van der Waals surface area contributed by atoms with Crippen LogP contribution in [0, 0.1) is 5.82 Å². The Kier molecular flexibility index (Phi) is 4.20. The van der Waals surface area contributed by atoms with E-state index in [0.29, 0.717) is 5.56 Å². The third-order valence-corrected chi connectivity index (χ3v) is 1.87. The van der Waals surface area contributed by atoms with E-state index in [4.69, 9.17) is 5.11 Å². The molecule has 0 aliphatic heterocycles. The van der Waals surface area contributed by atoms with Gasteiger partial charge in [0.1, 0.15) is 5.82 Å². The fraction of sp³-hybridized carbons (Fsp3) is 0.300. The predicted molar refractivity (Wildman–Crippen MR) is 51.9 cm³/mol. The molecule has 1 aromatic carbocycles. The van der Waals surface area contributed by atoms with Gasteiger partial charge in [-0.25, -0.2) is 4.39 Å². The van der Waals surface area contributed by atoms with Gasteiger partial charge in [-0.1, -0.05) is 12.1 Å². The Balaban J connectivity index is 2.43. The summed E-state index contributed by atoms with van der Waals surface area (Å²) in [6, 6.07) is 5.41. The molecule has 0 aliphatic rings. The lowest BCUT2D eigenvalue weighted by Gasteiger charge is -2.10. The molecular formula is C10H12FNO3. The van der Waals surface area contributed by atoms with E-state index in [1.54, 1.807) is 0 Å². The minimum Gasteiger partial charge on any atom is -0.480 e. The van der Waals surface area contributed by atoms with Crippen molar-refractivity contribution in [2.45, 2.75) is 6.10 Å². The smallest absolute Gasteiger partial charge is 0.317 e. The lowest BCUT2D eigenvalue weighted by Crippen LogP contribution is -2.27. The molecule has 0 amide bonds. The van der Waals surface area contributed by atoms with E-state index < -0.39 is 12.1 Å². The number of aliphatic carboxylic acids is 1. The molecule has 4 nitrogen and oxygen atoms in total. The van der Waals surface area contributed by atoms with Gasteiger partial charge in [-0.05, 0) is 17.7 Å². The lowest BCUT2D eigenvalue weighted by molar-refractivity contribution is -0.136. The molecule has 1 aromatic rings. The zero-order valence-electron chi connectivity index (χ0n) is 7.98. The van der Waals surface area contributed by atoms with Crippen LogP contribution in [0.25, 0.3) is 0 Å². The number of rotatable bonds is 5. The second-order valence-electron chi connectivity index (χ2n) is 3.09. The maximum absolute atomic E-state index is 12.5. The van der Waals surface area contributed by atoms with Crippen LogP contribution < -0.4 is 5.32 Å². The molecule has 0 aromatic heterocycles. The minimum absolute atomic E-state index is 0.123. The van der Waals surface area contributed by atoms with Crippen molar-refractivity contribution in [1.82, 2.24) is 5.32 Å². The average Bonchev–Trinajstić information content (AvgIpc) is 2.18. The zero-order valence-corrected chi connectivity index (χ0v) is 7.98. The van der Waals surface area contributed by atoms with Crippen molar-refractivity contribution in [2.75, 3.05) is 13.1 Å². The van der Waals surface area contributed by atoms with Crippen molar-refractivity contribution in [1.29, 1.82) is 0 Å². The largest absolute Gasteiger partial charge is 0.480 e. The maximum Gasteiger partial charge on any atom is 0.317 e.